The summed E-state index contributed by atoms with van der Waals surface area (Å²) in [4.78, 5) is 28.9. The van der Waals surface area contributed by atoms with Gasteiger partial charge >= 0.3 is 5.97 Å². The number of fused-ring (bicyclic) bond motifs is 1. The van der Waals surface area contributed by atoms with Crippen LogP contribution >= 0.6 is 22.9 Å². The molecule has 0 aliphatic carbocycles. The number of nitrogens with one attached hydrogen (secondary N) is 1. The van der Waals surface area contributed by atoms with Crippen molar-refractivity contribution < 1.29 is 14.7 Å². The summed E-state index contributed by atoms with van der Waals surface area (Å²) in [5.41, 5.74) is 3.18. The third kappa shape index (κ3) is 3.62. The van der Waals surface area contributed by atoms with Crippen LogP contribution in [0, 0.1) is 6.92 Å². The van der Waals surface area contributed by atoms with Crippen molar-refractivity contribution in [3.8, 4) is 11.3 Å². The van der Waals surface area contributed by atoms with Gasteiger partial charge in [0.05, 0.1) is 5.69 Å². The van der Waals surface area contributed by atoms with Crippen LogP contribution in [0.2, 0.25) is 5.02 Å². The molecule has 0 radical (unpaired) electrons. The number of aliphatic carboxylic acids is 1. The number of carbonyl (C=O) groups excluding carboxylic acids is 1. The first-order valence-corrected chi connectivity index (χ1v) is 10.0. The van der Waals surface area contributed by atoms with Gasteiger partial charge in [-0.05, 0) is 24.6 Å². The predicted octanol–water partition coefficient (Wildman–Crippen LogP) is 5.06. The predicted molar refractivity (Wildman–Crippen MR) is 115 cm³/mol. The molecular formula is C21H16ClN3O3S. The molecule has 29 heavy (non-hydrogen) atoms. The molecule has 0 unspecified atom stereocenters. The number of anilines is 1. The first-order chi connectivity index (χ1) is 14.0. The Hall–Kier alpha value is -3.16. The third-order valence-electron chi connectivity index (χ3n) is 4.61. The third-order valence-corrected chi connectivity index (χ3v) is 5.69. The van der Waals surface area contributed by atoms with Gasteiger partial charge in [-0.1, -0.05) is 48.0 Å². The molecule has 0 aliphatic heterocycles. The Morgan fingerprint density at radius 1 is 1.17 bits per heavy atom. The molecule has 4 rings (SSSR count). The van der Waals surface area contributed by atoms with Gasteiger partial charge in [-0.15, -0.1) is 11.3 Å². The fourth-order valence-electron chi connectivity index (χ4n) is 3.35. The van der Waals surface area contributed by atoms with Crippen LogP contribution in [0.1, 0.15) is 16.1 Å². The number of hydrogen-bond donors (Lipinski definition) is 2. The van der Waals surface area contributed by atoms with Gasteiger partial charge in [0.15, 0.2) is 5.13 Å². The molecule has 1 amide bonds. The van der Waals surface area contributed by atoms with Gasteiger partial charge < -0.3 is 9.67 Å². The maximum absolute atomic E-state index is 13.0. The van der Waals surface area contributed by atoms with Crippen LogP contribution in [0.15, 0.2) is 53.9 Å². The molecule has 2 heterocycles. The smallest absolute Gasteiger partial charge is 0.323 e. The molecule has 8 heteroatoms. The minimum atomic E-state index is -1.02. The van der Waals surface area contributed by atoms with Crippen molar-refractivity contribution >= 4 is 50.8 Å². The lowest BCUT2D eigenvalue weighted by molar-refractivity contribution is -0.137. The Kier molecular flexibility index (Phi) is 5.08. The first-order valence-electron chi connectivity index (χ1n) is 8.77. The molecule has 0 aliphatic rings. The van der Waals surface area contributed by atoms with Crippen LogP contribution in [-0.2, 0) is 11.3 Å². The van der Waals surface area contributed by atoms with Crippen molar-refractivity contribution in [1.82, 2.24) is 9.55 Å². The van der Waals surface area contributed by atoms with Crippen LogP contribution in [0.5, 0.6) is 0 Å². The van der Waals surface area contributed by atoms with E-state index in [1.807, 2.05) is 48.7 Å². The number of halogens is 1. The van der Waals surface area contributed by atoms with E-state index in [1.54, 1.807) is 12.1 Å². The Labute approximate surface area is 175 Å². The minimum Gasteiger partial charge on any atom is -0.480 e. The summed E-state index contributed by atoms with van der Waals surface area (Å²) < 4.78 is 1.52. The van der Waals surface area contributed by atoms with E-state index >= 15 is 0 Å². The van der Waals surface area contributed by atoms with Crippen LogP contribution in [0.4, 0.5) is 5.13 Å². The van der Waals surface area contributed by atoms with E-state index in [9.17, 15) is 14.7 Å². The van der Waals surface area contributed by atoms with E-state index in [1.165, 1.54) is 15.9 Å². The van der Waals surface area contributed by atoms with Crippen molar-refractivity contribution in [2.24, 2.45) is 0 Å². The highest BCUT2D eigenvalue weighted by atomic mass is 35.5. The average Bonchev–Trinajstić information content (AvgIpc) is 3.25. The van der Waals surface area contributed by atoms with E-state index in [0.717, 1.165) is 16.5 Å². The second-order valence-corrected chi connectivity index (χ2v) is 7.71. The molecule has 2 aromatic carbocycles. The van der Waals surface area contributed by atoms with Gasteiger partial charge in [0.2, 0.25) is 0 Å². The maximum Gasteiger partial charge on any atom is 0.323 e. The monoisotopic (exact) mass is 425 g/mol. The molecule has 0 fully saturated rings. The van der Waals surface area contributed by atoms with Crippen molar-refractivity contribution in [3.05, 3.63) is 70.2 Å². The number of benzene rings is 2. The lowest BCUT2D eigenvalue weighted by Crippen LogP contribution is -2.20. The van der Waals surface area contributed by atoms with E-state index in [2.05, 4.69) is 10.3 Å². The van der Waals surface area contributed by atoms with Gasteiger partial charge in [-0.3, -0.25) is 14.9 Å². The van der Waals surface area contributed by atoms with Gasteiger partial charge in [-0.2, -0.15) is 0 Å². The molecular weight excluding hydrogens is 410 g/mol. The Morgan fingerprint density at radius 3 is 2.66 bits per heavy atom. The fourth-order valence-corrected chi connectivity index (χ4v) is 4.29. The normalized spacial score (nSPS) is 11.0. The summed E-state index contributed by atoms with van der Waals surface area (Å²) in [5.74, 6) is -1.42. The Morgan fingerprint density at radius 2 is 1.90 bits per heavy atom. The quantitative estimate of drug-likeness (QED) is 0.468. The Bertz CT molecular complexity index is 1250. The van der Waals surface area contributed by atoms with E-state index in [4.69, 9.17) is 11.6 Å². The molecule has 0 atom stereocenters. The van der Waals surface area contributed by atoms with Gasteiger partial charge in [0.1, 0.15) is 12.2 Å². The summed E-state index contributed by atoms with van der Waals surface area (Å²) in [7, 11) is 0. The largest absolute Gasteiger partial charge is 0.480 e. The number of carboxylic acids is 1. The number of para-hydroxylation sites is 1. The number of aromatic nitrogens is 2. The molecule has 0 saturated carbocycles. The zero-order valence-electron chi connectivity index (χ0n) is 15.3. The zero-order valence-corrected chi connectivity index (χ0v) is 16.9. The van der Waals surface area contributed by atoms with Crippen LogP contribution in [-0.4, -0.2) is 26.5 Å². The van der Waals surface area contributed by atoms with Gasteiger partial charge in [0.25, 0.3) is 5.91 Å². The molecule has 0 bridgehead atoms. The van der Waals surface area contributed by atoms with Crippen molar-refractivity contribution in [1.29, 1.82) is 0 Å². The second-order valence-electron chi connectivity index (χ2n) is 6.44. The lowest BCUT2D eigenvalue weighted by atomic mass is 10.1. The summed E-state index contributed by atoms with van der Waals surface area (Å²) >= 11 is 7.50. The van der Waals surface area contributed by atoms with Crippen molar-refractivity contribution in [3.63, 3.8) is 0 Å². The number of aryl methyl sites for hydroxylation is 1. The number of hydrogen-bond acceptors (Lipinski definition) is 4. The number of carbonyl (C=O) groups is 2. The summed E-state index contributed by atoms with van der Waals surface area (Å²) in [6, 6.07) is 14.7. The van der Waals surface area contributed by atoms with E-state index < -0.39 is 11.9 Å². The molecule has 0 saturated heterocycles. The second kappa shape index (κ2) is 7.69. The van der Waals surface area contributed by atoms with Crippen molar-refractivity contribution in [2.45, 2.75) is 13.5 Å². The minimum absolute atomic E-state index is 0.306. The number of carboxylic acid groups (broad SMARTS) is 1. The fraction of sp³-hybridized carbons (Fsp3) is 0.0952. The molecule has 4 aromatic rings. The lowest BCUT2D eigenvalue weighted by Gasteiger charge is -2.08. The van der Waals surface area contributed by atoms with Gasteiger partial charge in [0, 0.05) is 26.9 Å². The average molecular weight is 426 g/mol. The number of nitrogens with zero attached hydrogens (tertiary/aromatic N) is 2. The van der Waals surface area contributed by atoms with Crippen LogP contribution in [0.25, 0.3) is 22.2 Å². The highest BCUT2D eigenvalue weighted by Crippen LogP contribution is 2.31. The van der Waals surface area contributed by atoms with E-state index in [-0.39, 0.29) is 6.54 Å². The summed E-state index contributed by atoms with van der Waals surface area (Å²) in [5, 5.41) is 15.8. The van der Waals surface area contributed by atoms with Gasteiger partial charge in [-0.25, -0.2) is 4.98 Å². The topological polar surface area (TPSA) is 84.2 Å². The summed E-state index contributed by atoms with van der Waals surface area (Å²) in [6.07, 6.45) is 0. The molecule has 0 spiro atoms. The molecule has 6 nitrogen and oxygen atoms in total. The molecule has 2 aromatic heterocycles. The standard InChI is InChI=1S/C21H16ClN3O3S/c1-12-13-6-3-5-9-17(13)25(10-18(26)27)19(12)20(28)24-21-23-16(11-29-21)14-7-2-4-8-15(14)22/h2-9,11H,10H2,1H3,(H,26,27)(H,23,24,28). The van der Waals surface area contributed by atoms with E-state index in [0.29, 0.717) is 27.1 Å². The maximum atomic E-state index is 13.0. The van der Waals surface area contributed by atoms with Crippen LogP contribution in [0.3, 0.4) is 0 Å². The highest BCUT2D eigenvalue weighted by molar-refractivity contribution is 7.14. The first kappa shape index (κ1) is 19.2. The number of rotatable bonds is 5. The number of amides is 1. The molecule has 2 N–H and O–H groups in total. The zero-order chi connectivity index (χ0) is 20.5. The van der Waals surface area contributed by atoms with Crippen LogP contribution < -0.4 is 5.32 Å². The SMILES string of the molecule is Cc1c(C(=O)Nc2nc(-c3ccccc3Cl)cs2)n(CC(=O)O)c2ccccc12. The number of thiazole rings is 1. The summed E-state index contributed by atoms with van der Waals surface area (Å²) in [6.45, 7) is 1.51. The van der Waals surface area contributed by atoms with Crippen molar-refractivity contribution in [2.75, 3.05) is 5.32 Å². The highest BCUT2D eigenvalue weighted by Gasteiger charge is 2.22. The molecule has 146 valence electrons. The Balaban J connectivity index is 1.69.